The van der Waals surface area contributed by atoms with Gasteiger partial charge in [-0.1, -0.05) is 32.0 Å². The van der Waals surface area contributed by atoms with Crippen LogP contribution in [0.1, 0.15) is 25.5 Å². The summed E-state index contributed by atoms with van der Waals surface area (Å²) in [5, 5.41) is 2.70. The number of amides is 1. The lowest BCUT2D eigenvalue weighted by atomic mass is 10.1. The predicted molar refractivity (Wildman–Crippen MR) is 91.8 cm³/mol. The van der Waals surface area contributed by atoms with Gasteiger partial charge < -0.3 is 10.1 Å². The molecule has 3 rings (SSSR count). The fourth-order valence-electron chi connectivity index (χ4n) is 2.39. The van der Waals surface area contributed by atoms with Gasteiger partial charge in [-0.3, -0.25) is 9.00 Å². The van der Waals surface area contributed by atoms with Crippen molar-refractivity contribution in [3.63, 3.8) is 0 Å². The van der Waals surface area contributed by atoms with Crippen molar-refractivity contribution in [1.82, 2.24) is 5.32 Å². The van der Waals surface area contributed by atoms with E-state index in [1.807, 2.05) is 13.8 Å². The summed E-state index contributed by atoms with van der Waals surface area (Å²) in [4.78, 5) is 12.6. The van der Waals surface area contributed by atoms with Gasteiger partial charge in [0.2, 0.25) is 0 Å². The quantitative estimate of drug-likeness (QED) is 0.902. The lowest BCUT2D eigenvalue weighted by Gasteiger charge is -2.13. The molecule has 0 aliphatic carbocycles. The fourth-order valence-corrected chi connectivity index (χ4v) is 3.84. The normalized spacial score (nSPS) is 17.9. The molecule has 0 aromatic heterocycles. The molecule has 134 valence electrons. The van der Waals surface area contributed by atoms with Gasteiger partial charge in [-0.15, -0.1) is 0 Å². The van der Waals surface area contributed by atoms with Gasteiger partial charge in [-0.25, -0.2) is 8.78 Å². The maximum absolute atomic E-state index is 13.4. The highest BCUT2D eigenvalue weighted by Crippen LogP contribution is 2.30. The van der Waals surface area contributed by atoms with Gasteiger partial charge in [0.1, 0.15) is 5.82 Å². The zero-order valence-corrected chi connectivity index (χ0v) is 14.7. The minimum atomic E-state index is -1.16. The summed E-state index contributed by atoms with van der Waals surface area (Å²) in [6.45, 7) is 3.55. The summed E-state index contributed by atoms with van der Waals surface area (Å²) in [5.74, 6) is -1.92. The first-order chi connectivity index (χ1) is 12.0. The highest BCUT2D eigenvalue weighted by molar-refractivity contribution is 7.85. The molecule has 1 N–H and O–H groups in total. The van der Waals surface area contributed by atoms with E-state index in [1.165, 1.54) is 0 Å². The molecule has 1 heterocycles. The average molecular weight is 367 g/mol. The van der Waals surface area contributed by atoms with Crippen molar-refractivity contribution < 1.29 is 22.5 Å². The Morgan fingerprint density at radius 1 is 1.24 bits per heavy atom. The van der Waals surface area contributed by atoms with Crippen molar-refractivity contribution in [2.75, 3.05) is 12.4 Å². The van der Waals surface area contributed by atoms with E-state index < -0.39 is 34.9 Å². The molecule has 25 heavy (non-hydrogen) atoms. The number of halogens is 2. The zero-order chi connectivity index (χ0) is 18.4. The molecule has 0 saturated carbocycles. The third-order valence-electron chi connectivity index (χ3n) is 3.44. The van der Waals surface area contributed by atoms with Crippen molar-refractivity contribution in [2.24, 2.45) is 0 Å². The Labute approximate surface area is 147 Å². The van der Waals surface area contributed by atoms with E-state index >= 15 is 0 Å². The lowest BCUT2D eigenvalue weighted by molar-refractivity contribution is -0.123. The molecule has 2 aromatic rings. The first-order valence-electron chi connectivity index (χ1n) is 7.89. The first kappa shape index (κ1) is 19.1. The third-order valence-corrected chi connectivity index (χ3v) is 4.94. The number of hydrogen-bond donors (Lipinski definition) is 1. The second-order valence-corrected chi connectivity index (χ2v) is 6.50. The molecule has 2 unspecified atom stereocenters. The Bertz CT molecular complexity index is 783. The van der Waals surface area contributed by atoms with Crippen LogP contribution in [0.25, 0.3) is 0 Å². The van der Waals surface area contributed by atoms with Crippen LogP contribution in [-0.2, 0) is 15.6 Å². The molecular formula is C18H19F2NO3S. The van der Waals surface area contributed by atoms with Crippen molar-refractivity contribution in [3.05, 3.63) is 59.7 Å². The van der Waals surface area contributed by atoms with Crippen molar-refractivity contribution in [1.29, 1.82) is 0 Å². The molecule has 1 amide bonds. The smallest absolute Gasteiger partial charge is 0.258 e. The van der Waals surface area contributed by atoms with Crippen LogP contribution < -0.4 is 10.1 Å². The van der Waals surface area contributed by atoms with E-state index in [4.69, 9.17) is 4.74 Å². The van der Waals surface area contributed by atoms with Gasteiger partial charge in [0.25, 0.3) is 5.91 Å². The van der Waals surface area contributed by atoms with Crippen LogP contribution in [0.4, 0.5) is 8.78 Å². The summed E-state index contributed by atoms with van der Waals surface area (Å²) in [7, 11) is -1.16. The minimum absolute atomic E-state index is 0.291. The van der Waals surface area contributed by atoms with E-state index in [9.17, 15) is 17.8 Å². The standard InChI is InChI=1S/C16H13F2NO3S.C2H6/c17-10-5-6-12(18)14(7-10)22-8-16(20)19-13-9-23(21)15-4-2-1-3-11(13)15;1-2/h1-7,13H,8-9H2,(H,19,20);1-2H3. The molecule has 0 fully saturated rings. The van der Waals surface area contributed by atoms with Crippen LogP contribution in [-0.4, -0.2) is 22.5 Å². The number of nitrogens with one attached hydrogen (secondary N) is 1. The maximum atomic E-state index is 13.4. The number of carbonyl (C=O) groups excluding carboxylic acids is 1. The number of hydrogen-bond acceptors (Lipinski definition) is 3. The molecular weight excluding hydrogens is 348 g/mol. The molecule has 0 saturated heterocycles. The second kappa shape index (κ2) is 8.71. The number of ether oxygens (including phenoxy) is 1. The monoisotopic (exact) mass is 367 g/mol. The Morgan fingerprint density at radius 2 is 1.96 bits per heavy atom. The van der Waals surface area contributed by atoms with E-state index in [0.717, 1.165) is 23.8 Å². The van der Waals surface area contributed by atoms with Gasteiger partial charge in [-0.2, -0.15) is 0 Å². The molecule has 0 bridgehead atoms. The summed E-state index contributed by atoms with van der Waals surface area (Å²) >= 11 is 0. The van der Waals surface area contributed by atoms with Gasteiger partial charge >= 0.3 is 0 Å². The maximum Gasteiger partial charge on any atom is 0.258 e. The summed E-state index contributed by atoms with van der Waals surface area (Å²) < 4.78 is 43.4. The summed E-state index contributed by atoms with van der Waals surface area (Å²) in [6.07, 6.45) is 0. The predicted octanol–water partition coefficient (Wildman–Crippen LogP) is 3.35. The largest absolute Gasteiger partial charge is 0.481 e. The van der Waals surface area contributed by atoms with E-state index in [0.29, 0.717) is 10.6 Å². The third kappa shape index (κ3) is 4.63. The van der Waals surface area contributed by atoms with Crippen LogP contribution in [0, 0.1) is 11.6 Å². The van der Waals surface area contributed by atoms with Crippen molar-refractivity contribution in [2.45, 2.75) is 24.8 Å². The van der Waals surface area contributed by atoms with Crippen LogP contribution in [0.15, 0.2) is 47.4 Å². The Balaban J connectivity index is 0.00000109. The fraction of sp³-hybridized carbons (Fsp3) is 0.278. The summed E-state index contributed by atoms with van der Waals surface area (Å²) in [6, 6.07) is 9.55. The molecule has 2 atom stereocenters. The first-order valence-corrected chi connectivity index (χ1v) is 9.21. The molecule has 2 aromatic carbocycles. The molecule has 7 heteroatoms. The Hall–Kier alpha value is -2.28. The van der Waals surface area contributed by atoms with E-state index in [1.54, 1.807) is 24.3 Å². The molecule has 4 nitrogen and oxygen atoms in total. The number of carbonyl (C=O) groups is 1. The van der Waals surface area contributed by atoms with E-state index in [-0.39, 0.29) is 11.8 Å². The SMILES string of the molecule is CC.O=C(COc1cc(F)ccc1F)NC1CS(=O)c2ccccc21. The lowest BCUT2D eigenvalue weighted by Crippen LogP contribution is -2.33. The zero-order valence-electron chi connectivity index (χ0n) is 13.9. The van der Waals surface area contributed by atoms with Crippen LogP contribution in [0.2, 0.25) is 0 Å². The van der Waals surface area contributed by atoms with E-state index in [2.05, 4.69) is 5.32 Å². The number of fused-ring (bicyclic) bond motifs is 1. The highest BCUT2D eigenvalue weighted by atomic mass is 32.2. The summed E-state index contributed by atoms with van der Waals surface area (Å²) in [5.41, 5.74) is 0.802. The van der Waals surface area contributed by atoms with Crippen molar-refractivity contribution in [3.8, 4) is 5.75 Å². The Morgan fingerprint density at radius 3 is 2.72 bits per heavy atom. The van der Waals surface area contributed by atoms with Gasteiger partial charge in [0, 0.05) is 11.0 Å². The molecule has 0 radical (unpaired) electrons. The van der Waals surface area contributed by atoms with Crippen LogP contribution in [0.5, 0.6) is 5.75 Å². The highest BCUT2D eigenvalue weighted by Gasteiger charge is 2.29. The van der Waals surface area contributed by atoms with Crippen LogP contribution >= 0.6 is 0 Å². The number of rotatable bonds is 4. The number of benzene rings is 2. The van der Waals surface area contributed by atoms with Crippen LogP contribution in [0.3, 0.4) is 0 Å². The molecule has 0 spiro atoms. The van der Waals surface area contributed by atoms with Gasteiger partial charge in [-0.05, 0) is 23.8 Å². The second-order valence-electron chi connectivity index (χ2n) is 5.03. The van der Waals surface area contributed by atoms with Gasteiger partial charge in [0.15, 0.2) is 18.2 Å². The minimum Gasteiger partial charge on any atom is -0.481 e. The average Bonchev–Trinajstić information content (AvgIpc) is 2.94. The molecule has 1 aliphatic heterocycles. The Kier molecular flexibility index (Phi) is 6.64. The molecule has 1 aliphatic rings. The van der Waals surface area contributed by atoms with Crippen molar-refractivity contribution >= 4 is 16.7 Å². The van der Waals surface area contributed by atoms with Gasteiger partial charge in [0.05, 0.1) is 22.6 Å². The topological polar surface area (TPSA) is 55.4 Å².